The largest absolute Gasteiger partial charge is 0.370 e. The van der Waals surface area contributed by atoms with E-state index in [1.165, 1.54) is 0 Å². The van der Waals surface area contributed by atoms with Crippen molar-refractivity contribution in [3.63, 3.8) is 0 Å². The molecule has 0 spiro atoms. The number of benzene rings is 3. The van der Waals surface area contributed by atoms with E-state index in [-0.39, 0.29) is 11.9 Å². The van der Waals surface area contributed by atoms with Gasteiger partial charge in [-0.3, -0.25) is 4.79 Å². The number of nitrogens with zero attached hydrogens (tertiary/aromatic N) is 1. The number of hydrogen-bond acceptors (Lipinski definition) is 3. The maximum absolute atomic E-state index is 12.6. The molecule has 1 saturated heterocycles. The van der Waals surface area contributed by atoms with E-state index in [1.807, 2.05) is 66.7 Å². The highest BCUT2D eigenvalue weighted by molar-refractivity contribution is 6.05. The van der Waals surface area contributed by atoms with Crippen LogP contribution in [-0.4, -0.2) is 25.0 Å². The molecule has 158 valence electrons. The van der Waals surface area contributed by atoms with Crippen LogP contribution in [0.25, 0.3) is 0 Å². The average Bonchev–Trinajstić information content (AvgIpc) is 3.34. The van der Waals surface area contributed by atoms with E-state index in [0.717, 1.165) is 37.2 Å². The maximum Gasteiger partial charge on any atom is 0.319 e. The van der Waals surface area contributed by atoms with E-state index in [2.05, 4.69) is 20.9 Å². The summed E-state index contributed by atoms with van der Waals surface area (Å²) in [6.07, 6.45) is 2.26. The molecule has 3 N–H and O–H groups in total. The molecule has 6 heteroatoms. The smallest absolute Gasteiger partial charge is 0.319 e. The number of nitrogens with one attached hydrogen (secondary N) is 3. The van der Waals surface area contributed by atoms with Crippen LogP contribution in [-0.2, 0) is 6.54 Å². The summed E-state index contributed by atoms with van der Waals surface area (Å²) in [5.74, 6) is -0.186. The molecule has 0 unspecified atom stereocenters. The van der Waals surface area contributed by atoms with E-state index in [1.54, 1.807) is 12.1 Å². The fourth-order valence-electron chi connectivity index (χ4n) is 3.69. The van der Waals surface area contributed by atoms with Crippen LogP contribution >= 0.6 is 0 Å². The minimum Gasteiger partial charge on any atom is -0.370 e. The highest BCUT2D eigenvalue weighted by atomic mass is 16.2. The van der Waals surface area contributed by atoms with Crippen molar-refractivity contribution in [1.82, 2.24) is 5.32 Å². The van der Waals surface area contributed by atoms with Gasteiger partial charge in [0.05, 0.1) is 11.4 Å². The summed E-state index contributed by atoms with van der Waals surface area (Å²) in [5, 5.41) is 8.78. The zero-order valence-corrected chi connectivity index (χ0v) is 17.3. The first-order chi connectivity index (χ1) is 15.2. The lowest BCUT2D eigenvalue weighted by Gasteiger charge is -2.22. The third kappa shape index (κ3) is 5.42. The van der Waals surface area contributed by atoms with Crippen LogP contribution < -0.4 is 20.9 Å². The molecule has 0 aliphatic carbocycles. The number of anilines is 3. The van der Waals surface area contributed by atoms with Gasteiger partial charge in [-0.25, -0.2) is 4.79 Å². The van der Waals surface area contributed by atoms with Gasteiger partial charge in [0, 0.05) is 30.9 Å². The lowest BCUT2D eigenvalue weighted by molar-refractivity contribution is 0.102. The Hall–Kier alpha value is -3.80. The van der Waals surface area contributed by atoms with E-state index < -0.39 is 0 Å². The van der Waals surface area contributed by atoms with Crippen molar-refractivity contribution < 1.29 is 9.59 Å². The first-order valence-electron chi connectivity index (χ1n) is 10.5. The van der Waals surface area contributed by atoms with Gasteiger partial charge in [-0.05, 0) is 48.7 Å². The summed E-state index contributed by atoms with van der Waals surface area (Å²) in [4.78, 5) is 27.4. The van der Waals surface area contributed by atoms with Crippen LogP contribution in [0.15, 0.2) is 78.9 Å². The standard InChI is InChI=1S/C25H26N4O2/c30-24(20-11-5-2-6-12-20)27-21-13-14-23(29-15-7-8-16-29)22(17-21)28-25(31)26-18-19-9-3-1-4-10-19/h1-6,9-14,17H,7-8,15-16,18H2,(H,27,30)(H2,26,28,31). The first kappa shape index (κ1) is 20.5. The van der Waals surface area contributed by atoms with Crippen LogP contribution in [0.4, 0.5) is 21.9 Å². The zero-order valence-electron chi connectivity index (χ0n) is 17.3. The summed E-state index contributed by atoms with van der Waals surface area (Å²) >= 11 is 0. The number of rotatable bonds is 6. The minimum absolute atomic E-state index is 0.186. The van der Waals surface area contributed by atoms with Crippen LogP contribution in [0.2, 0.25) is 0 Å². The van der Waals surface area contributed by atoms with Crippen molar-refractivity contribution in [2.75, 3.05) is 28.6 Å². The Balaban J connectivity index is 1.49. The van der Waals surface area contributed by atoms with Crippen molar-refractivity contribution in [1.29, 1.82) is 0 Å². The number of hydrogen-bond donors (Lipinski definition) is 3. The van der Waals surface area contributed by atoms with E-state index in [4.69, 9.17) is 0 Å². The Morgan fingerprint density at radius 3 is 2.19 bits per heavy atom. The molecule has 1 aliphatic rings. The molecule has 0 aromatic heterocycles. The molecule has 31 heavy (non-hydrogen) atoms. The fourth-order valence-corrected chi connectivity index (χ4v) is 3.69. The summed E-state index contributed by atoms with van der Waals surface area (Å²) in [6.45, 7) is 2.35. The van der Waals surface area contributed by atoms with Crippen molar-refractivity contribution >= 4 is 29.0 Å². The Labute approximate surface area is 182 Å². The van der Waals surface area contributed by atoms with Gasteiger partial charge in [0.15, 0.2) is 0 Å². The summed E-state index contributed by atoms with van der Waals surface area (Å²) in [7, 11) is 0. The summed E-state index contributed by atoms with van der Waals surface area (Å²) in [6, 6.07) is 24.2. The van der Waals surface area contributed by atoms with Crippen molar-refractivity contribution in [3.8, 4) is 0 Å². The van der Waals surface area contributed by atoms with E-state index in [0.29, 0.717) is 23.5 Å². The number of carbonyl (C=O) groups is 2. The molecule has 1 heterocycles. The molecule has 1 aliphatic heterocycles. The molecular formula is C25H26N4O2. The summed E-state index contributed by atoms with van der Waals surface area (Å²) in [5.41, 5.74) is 3.89. The van der Waals surface area contributed by atoms with Crippen molar-refractivity contribution in [2.24, 2.45) is 0 Å². The second-order valence-electron chi connectivity index (χ2n) is 7.54. The Bertz CT molecular complexity index is 1030. The van der Waals surface area contributed by atoms with Gasteiger partial charge >= 0.3 is 6.03 Å². The normalized spacial score (nSPS) is 13.0. The lowest BCUT2D eigenvalue weighted by atomic mass is 10.2. The maximum atomic E-state index is 12.6. The van der Waals surface area contributed by atoms with E-state index in [9.17, 15) is 9.59 Å². The van der Waals surface area contributed by atoms with Gasteiger partial charge in [0.1, 0.15) is 0 Å². The molecule has 4 rings (SSSR count). The Morgan fingerprint density at radius 1 is 0.806 bits per heavy atom. The van der Waals surface area contributed by atoms with Crippen LogP contribution in [0.5, 0.6) is 0 Å². The molecule has 0 bridgehead atoms. The highest BCUT2D eigenvalue weighted by Gasteiger charge is 2.18. The first-order valence-corrected chi connectivity index (χ1v) is 10.5. The molecule has 0 atom stereocenters. The quantitative estimate of drug-likeness (QED) is 0.539. The minimum atomic E-state index is -0.282. The number of urea groups is 1. The van der Waals surface area contributed by atoms with Gasteiger partial charge in [-0.15, -0.1) is 0 Å². The van der Waals surface area contributed by atoms with E-state index >= 15 is 0 Å². The third-order valence-corrected chi connectivity index (χ3v) is 5.28. The van der Waals surface area contributed by atoms with Crippen LogP contribution in [0, 0.1) is 0 Å². The molecule has 3 aromatic carbocycles. The van der Waals surface area contributed by atoms with Crippen LogP contribution in [0.1, 0.15) is 28.8 Å². The number of carbonyl (C=O) groups excluding carboxylic acids is 2. The lowest BCUT2D eigenvalue weighted by Crippen LogP contribution is -2.29. The molecule has 0 radical (unpaired) electrons. The number of amides is 3. The van der Waals surface area contributed by atoms with Crippen LogP contribution in [0.3, 0.4) is 0 Å². The topological polar surface area (TPSA) is 73.5 Å². The molecule has 1 fully saturated rings. The van der Waals surface area contributed by atoms with Crippen molar-refractivity contribution in [3.05, 3.63) is 90.0 Å². The second-order valence-corrected chi connectivity index (χ2v) is 7.54. The molecule has 3 aromatic rings. The van der Waals surface area contributed by atoms with Gasteiger partial charge in [-0.1, -0.05) is 48.5 Å². The molecule has 3 amide bonds. The molecule has 6 nitrogen and oxygen atoms in total. The van der Waals surface area contributed by atoms with Crippen molar-refractivity contribution in [2.45, 2.75) is 19.4 Å². The van der Waals surface area contributed by atoms with Gasteiger partial charge in [0.25, 0.3) is 5.91 Å². The predicted molar refractivity (Wildman–Crippen MR) is 125 cm³/mol. The Kier molecular flexibility index (Phi) is 6.47. The van der Waals surface area contributed by atoms with Gasteiger partial charge < -0.3 is 20.9 Å². The van der Waals surface area contributed by atoms with Gasteiger partial charge in [-0.2, -0.15) is 0 Å². The molecule has 0 saturated carbocycles. The fraction of sp³-hybridized carbons (Fsp3) is 0.200. The predicted octanol–water partition coefficient (Wildman–Crippen LogP) is 4.86. The zero-order chi connectivity index (χ0) is 21.5. The monoisotopic (exact) mass is 414 g/mol. The highest BCUT2D eigenvalue weighted by Crippen LogP contribution is 2.32. The molecular weight excluding hydrogens is 388 g/mol. The third-order valence-electron chi connectivity index (χ3n) is 5.28. The average molecular weight is 415 g/mol. The van der Waals surface area contributed by atoms with Gasteiger partial charge in [0.2, 0.25) is 0 Å². The second kappa shape index (κ2) is 9.80. The Morgan fingerprint density at radius 2 is 1.48 bits per heavy atom. The summed E-state index contributed by atoms with van der Waals surface area (Å²) < 4.78 is 0. The SMILES string of the molecule is O=C(NCc1ccccc1)Nc1cc(NC(=O)c2ccccc2)ccc1N1CCCC1.